The third-order valence-corrected chi connectivity index (χ3v) is 8.03. The lowest BCUT2D eigenvalue weighted by Crippen LogP contribution is -2.49. The normalized spacial score (nSPS) is 38.9. The smallest absolute Gasteiger partial charge is 0.0373 e. The summed E-state index contributed by atoms with van der Waals surface area (Å²) in [5, 5.41) is 8.55. The van der Waals surface area contributed by atoms with Crippen LogP contribution in [-0.4, -0.2) is 6.54 Å². The van der Waals surface area contributed by atoms with Crippen molar-refractivity contribution in [2.24, 2.45) is 29.6 Å². The van der Waals surface area contributed by atoms with E-state index in [0.717, 1.165) is 36.1 Å². The van der Waals surface area contributed by atoms with Gasteiger partial charge >= 0.3 is 0 Å². The molecule has 1 N–H and O–H groups in total. The highest BCUT2D eigenvalue weighted by Crippen LogP contribution is 2.59. The van der Waals surface area contributed by atoms with Crippen molar-refractivity contribution < 1.29 is 0 Å². The molecule has 116 valence electrons. The minimum Gasteiger partial charge on any atom is -0.310 e. The van der Waals surface area contributed by atoms with Crippen molar-refractivity contribution in [3.63, 3.8) is 0 Å². The van der Waals surface area contributed by atoms with E-state index in [9.17, 15) is 0 Å². The van der Waals surface area contributed by atoms with Crippen LogP contribution in [0.4, 0.5) is 0 Å². The molecule has 3 heteroatoms. The van der Waals surface area contributed by atoms with E-state index in [-0.39, 0.29) is 0 Å². The molecule has 1 unspecified atom stereocenters. The van der Waals surface area contributed by atoms with Crippen LogP contribution in [0.2, 0.25) is 0 Å². The van der Waals surface area contributed by atoms with Crippen molar-refractivity contribution in [1.29, 1.82) is 0 Å². The van der Waals surface area contributed by atoms with Crippen molar-refractivity contribution >= 4 is 27.3 Å². The van der Waals surface area contributed by atoms with Crippen LogP contribution in [0.1, 0.15) is 57.1 Å². The Morgan fingerprint density at radius 3 is 2.33 bits per heavy atom. The van der Waals surface area contributed by atoms with E-state index in [2.05, 4.69) is 38.9 Å². The molecular weight excluding hydrogens is 342 g/mol. The fourth-order valence-corrected chi connectivity index (χ4v) is 7.36. The number of rotatable bonds is 5. The van der Waals surface area contributed by atoms with Crippen LogP contribution in [-0.2, 0) is 0 Å². The Morgan fingerprint density at radius 2 is 1.81 bits per heavy atom. The predicted molar refractivity (Wildman–Crippen MR) is 93.6 cm³/mol. The van der Waals surface area contributed by atoms with Gasteiger partial charge in [0.2, 0.25) is 0 Å². The molecule has 0 radical (unpaired) electrons. The molecule has 1 heterocycles. The zero-order chi connectivity index (χ0) is 14.4. The van der Waals surface area contributed by atoms with E-state index in [1.807, 2.05) is 11.3 Å². The summed E-state index contributed by atoms with van der Waals surface area (Å²) in [5.41, 5.74) is 1.53. The van der Waals surface area contributed by atoms with Gasteiger partial charge in [-0.1, -0.05) is 6.92 Å². The Kier molecular flexibility index (Phi) is 4.19. The van der Waals surface area contributed by atoms with Gasteiger partial charge in [0.05, 0.1) is 0 Å². The first-order chi connectivity index (χ1) is 10.3. The molecule has 5 rings (SSSR count). The van der Waals surface area contributed by atoms with Gasteiger partial charge in [-0.05, 0) is 102 Å². The van der Waals surface area contributed by atoms with E-state index in [1.165, 1.54) is 42.1 Å². The minimum atomic E-state index is 0.584. The molecule has 4 aliphatic carbocycles. The minimum absolute atomic E-state index is 0.584. The SMILES string of the molecule is CCCNC(c1cscc1Br)C1C2CC3CC(C2)CC1C3. The lowest BCUT2D eigenvalue weighted by Gasteiger charge is -2.56. The topological polar surface area (TPSA) is 12.0 Å². The highest BCUT2D eigenvalue weighted by atomic mass is 79.9. The Bertz CT molecular complexity index is 469. The molecule has 1 atom stereocenters. The first-order valence-electron chi connectivity index (χ1n) is 8.71. The molecule has 4 aliphatic rings. The van der Waals surface area contributed by atoms with Crippen LogP contribution in [0, 0.1) is 29.6 Å². The second kappa shape index (κ2) is 5.98. The zero-order valence-corrected chi connectivity index (χ0v) is 15.3. The van der Waals surface area contributed by atoms with Crippen LogP contribution >= 0.6 is 27.3 Å². The molecule has 1 nitrogen and oxygen atoms in total. The zero-order valence-electron chi connectivity index (χ0n) is 12.9. The van der Waals surface area contributed by atoms with E-state index in [1.54, 1.807) is 6.42 Å². The maximum absolute atomic E-state index is 3.92. The molecule has 0 amide bonds. The summed E-state index contributed by atoms with van der Waals surface area (Å²) < 4.78 is 1.33. The molecule has 4 bridgehead atoms. The average molecular weight is 368 g/mol. The lowest BCUT2D eigenvalue weighted by molar-refractivity contribution is -0.0525. The first-order valence-corrected chi connectivity index (χ1v) is 10.4. The summed E-state index contributed by atoms with van der Waals surface area (Å²) >= 11 is 5.64. The Labute approximate surface area is 141 Å². The van der Waals surface area contributed by atoms with E-state index in [4.69, 9.17) is 0 Å². The quantitative estimate of drug-likeness (QED) is 0.711. The fraction of sp³-hybridized carbons (Fsp3) is 0.778. The number of halogens is 1. The first kappa shape index (κ1) is 14.7. The van der Waals surface area contributed by atoms with E-state index >= 15 is 0 Å². The van der Waals surface area contributed by atoms with Gasteiger partial charge in [0.25, 0.3) is 0 Å². The standard InChI is InChI=1S/C18H26BrNS/c1-2-3-20-18(15-9-21-10-16(15)19)17-13-5-11-4-12(7-13)8-14(17)6-11/h9-14,17-18,20H,2-8H2,1H3. The summed E-state index contributed by atoms with van der Waals surface area (Å²) in [6, 6.07) is 0.584. The largest absolute Gasteiger partial charge is 0.310 e. The van der Waals surface area contributed by atoms with E-state index in [0.29, 0.717) is 6.04 Å². The summed E-state index contributed by atoms with van der Waals surface area (Å²) in [6.45, 7) is 3.43. The van der Waals surface area contributed by atoms with Crippen LogP contribution in [0.25, 0.3) is 0 Å². The number of hydrogen-bond donors (Lipinski definition) is 1. The van der Waals surface area contributed by atoms with Crippen LogP contribution < -0.4 is 5.32 Å². The van der Waals surface area contributed by atoms with Gasteiger partial charge in [-0.2, -0.15) is 11.3 Å². The van der Waals surface area contributed by atoms with Crippen molar-refractivity contribution in [1.82, 2.24) is 5.32 Å². The van der Waals surface area contributed by atoms with Gasteiger partial charge in [0.15, 0.2) is 0 Å². The lowest BCUT2D eigenvalue weighted by atomic mass is 9.50. The van der Waals surface area contributed by atoms with Crippen molar-refractivity contribution in [3.05, 3.63) is 20.8 Å². The number of hydrogen-bond acceptors (Lipinski definition) is 2. The van der Waals surface area contributed by atoms with Crippen LogP contribution in [0.5, 0.6) is 0 Å². The van der Waals surface area contributed by atoms with Gasteiger partial charge in [-0.25, -0.2) is 0 Å². The molecule has 1 aromatic rings. The molecule has 0 spiro atoms. The number of nitrogens with one attached hydrogen (secondary N) is 1. The maximum Gasteiger partial charge on any atom is 0.0373 e. The Balaban J connectivity index is 1.62. The fourth-order valence-electron chi connectivity index (χ4n) is 5.78. The summed E-state index contributed by atoms with van der Waals surface area (Å²) in [6.07, 6.45) is 8.85. The Morgan fingerprint density at radius 1 is 1.14 bits per heavy atom. The third-order valence-electron chi connectivity index (χ3n) is 6.28. The van der Waals surface area contributed by atoms with Gasteiger partial charge in [0, 0.05) is 15.9 Å². The Hall–Kier alpha value is 0.140. The van der Waals surface area contributed by atoms with Crippen molar-refractivity contribution in [2.45, 2.75) is 51.5 Å². The molecule has 0 aromatic carbocycles. The molecular formula is C18H26BrNS. The average Bonchev–Trinajstić information content (AvgIpc) is 2.87. The second-order valence-electron chi connectivity index (χ2n) is 7.61. The van der Waals surface area contributed by atoms with Crippen LogP contribution in [0.3, 0.4) is 0 Å². The van der Waals surface area contributed by atoms with Crippen LogP contribution in [0.15, 0.2) is 15.2 Å². The third kappa shape index (κ3) is 2.64. The predicted octanol–water partition coefficient (Wildman–Crippen LogP) is 5.62. The molecule has 4 saturated carbocycles. The van der Waals surface area contributed by atoms with Crippen molar-refractivity contribution in [2.75, 3.05) is 6.54 Å². The van der Waals surface area contributed by atoms with Gasteiger partial charge in [-0.3, -0.25) is 0 Å². The molecule has 1 aromatic heterocycles. The molecule has 4 fully saturated rings. The number of thiophene rings is 1. The molecule has 21 heavy (non-hydrogen) atoms. The molecule has 0 saturated heterocycles. The summed E-state index contributed by atoms with van der Waals surface area (Å²) in [4.78, 5) is 0. The van der Waals surface area contributed by atoms with E-state index < -0.39 is 0 Å². The second-order valence-corrected chi connectivity index (χ2v) is 9.21. The van der Waals surface area contributed by atoms with Crippen molar-refractivity contribution in [3.8, 4) is 0 Å². The summed E-state index contributed by atoms with van der Waals surface area (Å²) in [5.74, 6) is 5.00. The van der Waals surface area contributed by atoms with Gasteiger partial charge in [0.1, 0.15) is 0 Å². The highest BCUT2D eigenvalue weighted by Gasteiger charge is 2.50. The molecule has 0 aliphatic heterocycles. The van der Waals surface area contributed by atoms with Gasteiger partial charge < -0.3 is 5.32 Å². The summed E-state index contributed by atoms with van der Waals surface area (Å²) in [7, 11) is 0. The van der Waals surface area contributed by atoms with Gasteiger partial charge in [-0.15, -0.1) is 0 Å². The highest BCUT2D eigenvalue weighted by molar-refractivity contribution is 9.10. The maximum atomic E-state index is 3.92. The monoisotopic (exact) mass is 367 g/mol.